The zero-order chi connectivity index (χ0) is 24.7. The van der Waals surface area contributed by atoms with Crippen LogP contribution in [0.4, 0.5) is 8.78 Å². The maximum absolute atomic E-state index is 14.8. The largest absolute Gasteiger partial charge is 0.379 e. The van der Waals surface area contributed by atoms with Crippen molar-refractivity contribution in [3.05, 3.63) is 58.9 Å². The fourth-order valence-electron chi connectivity index (χ4n) is 3.46. The molecule has 2 heterocycles. The number of halogens is 2. The van der Waals surface area contributed by atoms with E-state index in [-0.39, 0.29) is 34.4 Å². The van der Waals surface area contributed by atoms with Gasteiger partial charge in [-0.3, -0.25) is 9.79 Å². The smallest absolute Gasteiger partial charge is 0.239 e. The van der Waals surface area contributed by atoms with Crippen LogP contribution in [0, 0.1) is 18.2 Å². The lowest BCUT2D eigenvalue weighted by molar-refractivity contribution is -0.137. The van der Waals surface area contributed by atoms with Crippen molar-refractivity contribution < 1.29 is 18.3 Å². The van der Waals surface area contributed by atoms with Gasteiger partial charge < -0.3 is 15.4 Å². The number of aromatic nitrogens is 2. The van der Waals surface area contributed by atoms with E-state index in [1.54, 1.807) is 11.8 Å². The number of nitrogens with two attached hydrogens (primary N) is 1. The van der Waals surface area contributed by atoms with E-state index in [0.717, 1.165) is 11.8 Å². The van der Waals surface area contributed by atoms with E-state index in [9.17, 15) is 13.6 Å². The highest BCUT2D eigenvalue weighted by atomic mass is 32.2. The molecular weight excluding hydrogens is 460 g/mol. The second kappa shape index (κ2) is 11.2. The van der Waals surface area contributed by atoms with Crippen LogP contribution >= 0.6 is 11.8 Å². The van der Waals surface area contributed by atoms with Crippen LogP contribution in [-0.4, -0.2) is 64.0 Å². The first kappa shape index (κ1) is 25.3. The molecule has 2 N–H and O–H groups in total. The summed E-state index contributed by atoms with van der Waals surface area (Å²) in [5.74, 6) is 0.957. The summed E-state index contributed by atoms with van der Waals surface area (Å²) in [6.45, 7) is 3.45. The summed E-state index contributed by atoms with van der Waals surface area (Å²) < 4.78 is 33.7. The van der Waals surface area contributed by atoms with E-state index >= 15 is 0 Å². The molecule has 1 aromatic carbocycles. The highest BCUT2D eigenvalue weighted by molar-refractivity contribution is 8.15. The van der Waals surface area contributed by atoms with Crippen molar-refractivity contribution >= 4 is 34.7 Å². The van der Waals surface area contributed by atoms with E-state index < -0.39 is 16.4 Å². The molecule has 2 aromatic rings. The monoisotopic (exact) mass is 485 g/mol. The molecule has 1 atom stereocenters. The molecule has 0 unspecified atom stereocenters. The molecule has 1 aliphatic rings. The van der Waals surface area contributed by atoms with Crippen LogP contribution in [0.5, 0.6) is 0 Å². The van der Waals surface area contributed by atoms with E-state index in [4.69, 9.17) is 16.9 Å². The first-order chi connectivity index (χ1) is 16.3. The predicted octanol–water partition coefficient (Wildman–Crippen LogP) is 2.90. The van der Waals surface area contributed by atoms with Crippen molar-refractivity contribution in [3.63, 3.8) is 0 Å². The van der Waals surface area contributed by atoms with Gasteiger partial charge in [-0.25, -0.2) is 18.7 Å². The van der Waals surface area contributed by atoms with Crippen molar-refractivity contribution in [2.75, 3.05) is 33.4 Å². The molecule has 0 radical (unpaired) electrons. The van der Waals surface area contributed by atoms with E-state index in [1.807, 2.05) is 0 Å². The number of morpholine rings is 1. The van der Waals surface area contributed by atoms with E-state index in [0.29, 0.717) is 31.9 Å². The average Bonchev–Trinajstić information content (AvgIpc) is 2.86. The van der Waals surface area contributed by atoms with Crippen molar-refractivity contribution in [1.29, 1.82) is 0 Å². The Kier molecular flexibility index (Phi) is 8.36. The molecular formula is C24H25F2N5O2S. The Bertz CT molecular complexity index is 1140. The number of aliphatic imine (C=N–C) groups is 1. The first-order valence-corrected chi connectivity index (χ1v) is 11.3. The minimum Gasteiger partial charge on any atom is -0.379 e. The van der Waals surface area contributed by atoms with Gasteiger partial charge >= 0.3 is 0 Å². The number of carbonyl (C=O) groups excluding carboxylic acids is 1. The Hall–Kier alpha value is -3.29. The number of thioether (sulfide) groups is 1. The standard InChI is InChI=1S/C24H25F2N5O2S/c1-4-18-14-30-21(15-29-18)20(26)12-16-5-6-19(25)17(11-16)13-24(2,34-23(27)28-3)22(32)31-7-9-33-10-8-31/h1,5-6,11-12,14-15H,7-10,13H2,2-3H3,(H2,27,28)/b20-12-/t24-/m1/s1. The number of benzene rings is 1. The molecule has 7 nitrogen and oxygen atoms in total. The Morgan fingerprint density at radius 1 is 1.38 bits per heavy atom. The van der Waals surface area contributed by atoms with Crippen LogP contribution in [0.1, 0.15) is 29.4 Å². The van der Waals surface area contributed by atoms with E-state index in [2.05, 4.69) is 20.9 Å². The summed E-state index contributed by atoms with van der Waals surface area (Å²) in [4.78, 5) is 26.9. The molecule has 10 heteroatoms. The highest BCUT2D eigenvalue weighted by Crippen LogP contribution is 2.33. The summed E-state index contributed by atoms with van der Waals surface area (Å²) in [7, 11) is 1.52. The zero-order valence-corrected chi connectivity index (χ0v) is 19.7. The number of ether oxygens (including phenoxy) is 1. The van der Waals surface area contributed by atoms with Gasteiger partial charge in [0.25, 0.3) is 0 Å². The van der Waals surface area contributed by atoms with Crippen molar-refractivity contribution in [2.45, 2.75) is 18.1 Å². The van der Waals surface area contributed by atoms with Crippen LogP contribution in [0.2, 0.25) is 0 Å². The Labute approximate surface area is 201 Å². The average molecular weight is 486 g/mol. The number of terminal acetylenes is 1. The molecule has 0 aliphatic carbocycles. The lowest BCUT2D eigenvalue weighted by atomic mass is 9.96. The van der Waals surface area contributed by atoms with Gasteiger partial charge in [0.15, 0.2) is 11.0 Å². The van der Waals surface area contributed by atoms with Crippen molar-refractivity contribution in [1.82, 2.24) is 14.9 Å². The summed E-state index contributed by atoms with van der Waals surface area (Å²) in [6, 6.07) is 4.18. The van der Waals surface area contributed by atoms with Gasteiger partial charge in [0.2, 0.25) is 5.91 Å². The topological polar surface area (TPSA) is 93.7 Å². The third-order valence-electron chi connectivity index (χ3n) is 5.24. The van der Waals surface area contributed by atoms with Gasteiger partial charge in [-0.1, -0.05) is 17.8 Å². The number of hydrogen-bond donors (Lipinski definition) is 1. The fraction of sp³-hybridized carbons (Fsp3) is 0.333. The van der Waals surface area contributed by atoms with Gasteiger partial charge in [0.05, 0.1) is 25.6 Å². The number of rotatable bonds is 6. The molecule has 0 spiro atoms. The van der Waals surface area contributed by atoms with Crippen LogP contribution in [0.25, 0.3) is 11.9 Å². The Morgan fingerprint density at radius 2 is 2.12 bits per heavy atom. The number of nitrogens with zero attached hydrogens (tertiary/aromatic N) is 4. The predicted molar refractivity (Wildman–Crippen MR) is 130 cm³/mol. The number of amidine groups is 1. The molecule has 0 saturated carbocycles. The maximum atomic E-state index is 14.8. The van der Waals surface area contributed by atoms with Gasteiger partial charge in [-0.2, -0.15) is 0 Å². The molecule has 34 heavy (non-hydrogen) atoms. The zero-order valence-electron chi connectivity index (χ0n) is 18.9. The fourth-order valence-corrected chi connectivity index (χ4v) is 4.46. The third-order valence-corrected chi connectivity index (χ3v) is 6.40. The minimum absolute atomic E-state index is 0.000282. The lowest BCUT2D eigenvalue weighted by Crippen LogP contribution is -2.51. The van der Waals surface area contributed by atoms with Crippen molar-refractivity contribution in [2.24, 2.45) is 10.7 Å². The molecule has 178 valence electrons. The Morgan fingerprint density at radius 3 is 2.74 bits per heavy atom. The number of amides is 1. The van der Waals surface area contributed by atoms with Crippen molar-refractivity contribution in [3.8, 4) is 12.3 Å². The first-order valence-electron chi connectivity index (χ1n) is 10.5. The van der Waals surface area contributed by atoms with Gasteiger partial charge in [0.1, 0.15) is 22.0 Å². The van der Waals surface area contributed by atoms with E-state index in [1.165, 1.54) is 43.7 Å². The Balaban J connectivity index is 1.91. The quantitative estimate of drug-likeness (QED) is 0.384. The van der Waals surface area contributed by atoms with Gasteiger partial charge in [0, 0.05) is 20.1 Å². The second-order valence-electron chi connectivity index (χ2n) is 7.75. The van der Waals surface area contributed by atoms with Crippen LogP contribution < -0.4 is 5.73 Å². The molecule has 1 aromatic heterocycles. The minimum atomic E-state index is -1.13. The SMILES string of the molecule is C#Cc1cnc(/C(F)=C/c2ccc(F)c(C[C@@](C)(S/C(N)=N\C)C(=O)N3CCOCC3)c2)cn1. The van der Waals surface area contributed by atoms with Crippen LogP contribution in [0.3, 0.4) is 0 Å². The summed E-state index contributed by atoms with van der Waals surface area (Å²) in [6.07, 6.45) is 9.01. The molecule has 1 aliphatic heterocycles. The highest BCUT2D eigenvalue weighted by Gasteiger charge is 2.40. The number of carbonyl (C=O) groups is 1. The normalized spacial score (nSPS) is 16.6. The molecule has 1 saturated heterocycles. The molecule has 1 amide bonds. The third kappa shape index (κ3) is 6.18. The molecule has 1 fully saturated rings. The second-order valence-corrected chi connectivity index (χ2v) is 9.27. The lowest BCUT2D eigenvalue weighted by Gasteiger charge is -2.36. The molecule has 3 rings (SSSR count). The summed E-state index contributed by atoms with van der Waals surface area (Å²) in [5, 5.41) is 0.209. The maximum Gasteiger partial charge on any atom is 0.239 e. The van der Waals surface area contributed by atoms with Gasteiger partial charge in [-0.15, -0.1) is 6.42 Å². The summed E-state index contributed by atoms with van der Waals surface area (Å²) in [5.41, 5.74) is 6.88. The number of hydrogen-bond acceptors (Lipinski definition) is 6. The molecule has 0 bridgehead atoms. The van der Waals surface area contributed by atoms with Crippen LogP contribution in [0.15, 0.2) is 35.6 Å². The van der Waals surface area contributed by atoms with Crippen LogP contribution in [-0.2, 0) is 16.0 Å². The summed E-state index contributed by atoms with van der Waals surface area (Å²) >= 11 is 1.08. The van der Waals surface area contributed by atoms with Gasteiger partial charge in [-0.05, 0) is 48.6 Å².